The number of fused-ring (bicyclic) bond motifs is 21. The molecule has 202 valence electrons. The van der Waals surface area contributed by atoms with Crippen molar-refractivity contribution in [1.82, 2.24) is 39.9 Å². The highest BCUT2D eigenvalue weighted by molar-refractivity contribution is 6.07. The van der Waals surface area contributed by atoms with Gasteiger partial charge in [0.25, 0.3) is 0 Å². The first-order valence-electron chi connectivity index (χ1n) is 13.8. The third-order valence-corrected chi connectivity index (χ3v) is 8.05. The maximum absolute atomic E-state index is 5.71. The molecular weight excluding hydrogens is 540 g/mol. The quantitative estimate of drug-likeness (QED) is 0.213. The molecule has 3 aliphatic heterocycles. The second-order valence-electron chi connectivity index (χ2n) is 10.5. The molecule has 0 amide bonds. The molecule has 0 unspecified atom stereocenters. The average Bonchev–Trinajstić information content (AvgIpc) is 3.85. The van der Waals surface area contributed by atoms with Gasteiger partial charge in [-0.05, 0) is 12.1 Å². The lowest BCUT2D eigenvalue weighted by atomic mass is 10.1. The summed E-state index contributed by atoms with van der Waals surface area (Å²) in [5.74, 6) is 3.55. The molecule has 3 aliphatic rings. The summed E-state index contributed by atoms with van der Waals surface area (Å²) >= 11 is 0. The Labute approximate surface area is 242 Å². The van der Waals surface area contributed by atoms with Crippen LogP contribution in [0.2, 0.25) is 0 Å². The molecule has 0 atom stereocenters. The van der Waals surface area contributed by atoms with Crippen LogP contribution in [0.4, 0.5) is 0 Å². The molecule has 3 aromatic heterocycles. The van der Waals surface area contributed by atoms with Crippen LogP contribution in [0.15, 0.2) is 84.9 Å². The first kappa shape index (κ1) is 22.5. The van der Waals surface area contributed by atoms with Gasteiger partial charge in [0, 0.05) is 43.8 Å². The Morgan fingerprint density at radius 2 is 0.767 bits per heavy atom. The van der Waals surface area contributed by atoms with E-state index < -0.39 is 0 Å². The maximum Gasteiger partial charge on any atom is 0.231 e. The zero-order valence-corrected chi connectivity index (χ0v) is 22.3. The number of ether oxygens (including phenoxy) is 2. The molecule has 7 aromatic rings. The number of aromatic nitrogens is 8. The largest absolute Gasteiger partial charge is 0.454 e. The Hall–Kier alpha value is -6.16. The van der Waals surface area contributed by atoms with E-state index in [2.05, 4.69) is 9.97 Å². The fourth-order valence-corrected chi connectivity index (χ4v) is 6.03. The second-order valence-corrected chi connectivity index (χ2v) is 10.5. The molecule has 0 spiro atoms. The summed E-state index contributed by atoms with van der Waals surface area (Å²) in [4.78, 5) is 36.9. The first-order chi connectivity index (χ1) is 21.3. The number of hydrogen-bond donors (Lipinski definition) is 2. The highest BCUT2D eigenvalue weighted by atomic mass is 16.7. The monoisotopic (exact) mass is 558 g/mol. The lowest BCUT2D eigenvalue weighted by Gasteiger charge is -1.97. The number of aromatic amines is 2. The van der Waals surface area contributed by atoms with Gasteiger partial charge in [0.2, 0.25) is 6.79 Å². The highest BCUT2D eigenvalue weighted by Crippen LogP contribution is 2.40. The van der Waals surface area contributed by atoms with Crippen LogP contribution in [0.1, 0.15) is 0 Å². The molecule has 10 nitrogen and oxygen atoms in total. The molecule has 0 radical (unpaired) electrons. The fourth-order valence-electron chi connectivity index (χ4n) is 6.03. The van der Waals surface area contributed by atoms with Crippen molar-refractivity contribution < 1.29 is 9.47 Å². The lowest BCUT2D eigenvalue weighted by Crippen LogP contribution is -1.92. The molecule has 0 saturated heterocycles. The minimum absolute atomic E-state index is 0.165. The van der Waals surface area contributed by atoms with E-state index >= 15 is 0 Å². The van der Waals surface area contributed by atoms with Crippen molar-refractivity contribution in [3.8, 4) is 57.1 Å². The molecule has 10 heteroatoms. The van der Waals surface area contributed by atoms with Crippen molar-refractivity contribution in [3.63, 3.8) is 0 Å². The van der Waals surface area contributed by atoms with Gasteiger partial charge >= 0.3 is 0 Å². The van der Waals surface area contributed by atoms with Gasteiger partial charge in [-0.15, -0.1) is 0 Å². The van der Waals surface area contributed by atoms with Crippen molar-refractivity contribution >= 4 is 44.1 Å². The minimum Gasteiger partial charge on any atom is -0.454 e. The number of nitrogens with zero attached hydrogens (tertiary/aromatic N) is 6. The Balaban J connectivity index is 1.42. The summed E-state index contributed by atoms with van der Waals surface area (Å²) in [6, 6.07) is 27.9. The van der Waals surface area contributed by atoms with Crippen LogP contribution in [0.3, 0.4) is 0 Å². The SMILES string of the molecule is c1ccc2c(c1)-c1nc-2nc2[nH]c(nc3nc(nc4[nH]c(n1)c1ccccc41)-c1ccccc1-3)c1cc3c(cc21)OCO3. The summed E-state index contributed by atoms with van der Waals surface area (Å²) in [5, 5.41) is 3.54. The third kappa shape index (κ3) is 3.22. The maximum atomic E-state index is 5.71. The van der Waals surface area contributed by atoms with Crippen molar-refractivity contribution in [2.75, 3.05) is 6.79 Å². The third-order valence-electron chi connectivity index (χ3n) is 8.05. The van der Waals surface area contributed by atoms with E-state index in [9.17, 15) is 0 Å². The molecule has 10 rings (SSSR count). The number of benzene rings is 4. The molecule has 4 aromatic carbocycles. The molecule has 0 aliphatic carbocycles. The van der Waals surface area contributed by atoms with Gasteiger partial charge in [0.15, 0.2) is 34.8 Å². The smallest absolute Gasteiger partial charge is 0.231 e. The van der Waals surface area contributed by atoms with E-state index in [-0.39, 0.29) is 6.79 Å². The summed E-state index contributed by atoms with van der Waals surface area (Å²) < 4.78 is 11.4. The summed E-state index contributed by atoms with van der Waals surface area (Å²) in [7, 11) is 0. The van der Waals surface area contributed by atoms with E-state index in [0.717, 1.165) is 43.8 Å². The standard InChI is InChI=1S/C33H18N8O2/c1-2-8-17-16(7-1)26-34-27(17)36-29-19-10-4-6-12-21(19)31(38-29)40-33-23-14-25-24(42-15-43-25)13-22(23)32(41-33)39-30-20-11-5-3-9-18(20)28(35-26)37-30/h1-14H,15H2,(H2,34,35,36,37,38,39,40,41). The zero-order valence-electron chi connectivity index (χ0n) is 22.3. The van der Waals surface area contributed by atoms with Crippen molar-refractivity contribution in [3.05, 3.63) is 84.9 Å². The predicted octanol–water partition coefficient (Wildman–Crippen LogP) is 6.60. The highest BCUT2D eigenvalue weighted by Gasteiger charge is 2.23. The van der Waals surface area contributed by atoms with Gasteiger partial charge in [0.05, 0.1) is 0 Å². The Morgan fingerprint density at radius 1 is 0.419 bits per heavy atom. The van der Waals surface area contributed by atoms with Crippen LogP contribution >= 0.6 is 0 Å². The predicted molar refractivity (Wildman–Crippen MR) is 162 cm³/mol. The van der Waals surface area contributed by atoms with Crippen LogP contribution in [0, 0.1) is 0 Å². The zero-order chi connectivity index (χ0) is 28.1. The number of nitrogens with one attached hydrogen (secondary N) is 2. The molecule has 43 heavy (non-hydrogen) atoms. The van der Waals surface area contributed by atoms with E-state index in [4.69, 9.17) is 39.4 Å². The fraction of sp³-hybridized carbons (Fsp3) is 0.0303. The Morgan fingerprint density at radius 3 is 1.16 bits per heavy atom. The van der Waals surface area contributed by atoms with Crippen LogP contribution in [-0.4, -0.2) is 46.7 Å². The van der Waals surface area contributed by atoms with Gasteiger partial charge in [-0.25, -0.2) is 29.9 Å². The van der Waals surface area contributed by atoms with Crippen molar-refractivity contribution in [2.45, 2.75) is 0 Å². The van der Waals surface area contributed by atoms with Crippen molar-refractivity contribution in [2.24, 2.45) is 0 Å². The molecule has 2 N–H and O–H groups in total. The Kier molecular flexibility index (Phi) is 4.29. The van der Waals surface area contributed by atoms with E-state index in [1.54, 1.807) is 0 Å². The van der Waals surface area contributed by atoms with Gasteiger partial charge in [0.1, 0.15) is 22.6 Å². The van der Waals surface area contributed by atoms with E-state index in [0.29, 0.717) is 57.4 Å². The normalized spacial score (nSPS) is 12.9. The van der Waals surface area contributed by atoms with Crippen LogP contribution in [-0.2, 0) is 0 Å². The van der Waals surface area contributed by atoms with Gasteiger partial charge in [-0.2, -0.15) is 0 Å². The van der Waals surface area contributed by atoms with Crippen LogP contribution in [0.25, 0.3) is 89.7 Å². The van der Waals surface area contributed by atoms with Gasteiger partial charge in [-0.1, -0.05) is 72.8 Å². The summed E-state index contributed by atoms with van der Waals surface area (Å²) in [6.45, 7) is 0.165. The molecule has 6 heterocycles. The molecular formula is C33H18N8O2. The summed E-state index contributed by atoms with van der Waals surface area (Å²) in [6.07, 6.45) is 0. The number of rotatable bonds is 0. The lowest BCUT2D eigenvalue weighted by molar-refractivity contribution is 0.174. The first-order valence-corrected chi connectivity index (χ1v) is 13.8. The van der Waals surface area contributed by atoms with Crippen LogP contribution < -0.4 is 9.47 Å². The minimum atomic E-state index is 0.165. The Bertz CT molecular complexity index is 2350. The van der Waals surface area contributed by atoms with Crippen LogP contribution in [0.5, 0.6) is 11.5 Å². The second kappa shape index (κ2) is 8.20. The van der Waals surface area contributed by atoms with Crippen molar-refractivity contribution in [1.29, 1.82) is 0 Å². The van der Waals surface area contributed by atoms with E-state index in [1.807, 2.05) is 84.9 Å². The molecule has 8 bridgehead atoms. The van der Waals surface area contributed by atoms with Gasteiger partial charge in [-0.3, -0.25) is 0 Å². The molecule has 0 saturated carbocycles. The number of hydrogen-bond acceptors (Lipinski definition) is 8. The molecule has 0 fully saturated rings. The topological polar surface area (TPSA) is 127 Å². The summed E-state index contributed by atoms with van der Waals surface area (Å²) in [5.41, 5.74) is 6.10. The average molecular weight is 559 g/mol. The van der Waals surface area contributed by atoms with E-state index in [1.165, 1.54) is 0 Å². The number of H-pyrrole nitrogens is 2. The van der Waals surface area contributed by atoms with Gasteiger partial charge < -0.3 is 19.4 Å².